The Morgan fingerprint density at radius 1 is 0.919 bits per heavy atom. The van der Waals surface area contributed by atoms with Crippen LogP contribution in [0.15, 0.2) is 71.1 Å². The lowest BCUT2D eigenvalue weighted by Crippen LogP contribution is -2.52. The van der Waals surface area contributed by atoms with Gasteiger partial charge in [0.15, 0.2) is 5.76 Å². The number of hydrogen-bond donors (Lipinski definition) is 0. The molecule has 1 aromatic heterocycles. The topological polar surface area (TPSA) is 72.2 Å². The number of hydrogen-bond acceptors (Lipinski definition) is 5. The van der Waals surface area contributed by atoms with Gasteiger partial charge < -0.3 is 23.7 Å². The van der Waals surface area contributed by atoms with Crippen molar-refractivity contribution < 1.29 is 27.9 Å². The summed E-state index contributed by atoms with van der Waals surface area (Å²) in [4.78, 5) is 30.3. The molecule has 1 unspecified atom stereocenters. The van der Waals surface area contributed by atoms with E-state index >= 15 is 0 Å². The van der Waals surface area contributed by atoms with Gasteiger partial charge >= 0.3 is 0 Å². The molecule has 2 aliphatic heterocycles. The molecule has 2 fully saturated rings. The molecule has 37 heavy (non-hydrogen) atoms. The summed E-state index contributed by atoms with van der Waals surface area (Å²) in [6.45, 7) is 3.44. The number of carbonyl (C=O) groups excluding carboxylic acids is 2. The average molecular weight is 507 g/mol. The molecule has 5 rings (SSSR count). The number of carbonyl (C=O) groups is 2. The normalized spacial score (nSPS) is 20.0. The summed E-state index contributed by atoms with van der Waals surface area (Å²) in [5.41, 5.74) is -0.234. The first-order valence-electron chi connectivity index (χ1n) is 12.7. The highest BCUT2D eigenvalue weighted by Gasteiger charge is 2.41. The Morgan fingerprint density at radius 2 is 1.68 bits per heavy atom. The minimum absolute atomic E-state index is 0.0501. The Bertz CT molecular complexity index is 1220. The number of likely N-dealkylation sites (tertiary alicyclic amines) is 1. The minimum atomic E-state index is -0.542. The predicted octanol–water partition coefficient (Wildman–Crippen LogP) is 4.64. The van der Waals surface area contributed by atoms with Crippen LogP contribution in [0.3, 0.4) is 0 Å². The van der Waals surface area contributed by atoms with Gasteiger partial charge in [-0.1, -0.05) is 30.3 Å². The van der Waals surface area contributed by atoms with E-state index in [2.05, 4.69) is 0 Å². The maximum atomic E-state index is 14.2. The Morgan fingerprint density at radius 3 is 2.46 bits per heavy atom. The van der Waals surface area contributed by atoms with Crippen LogP contribution in [-0.2, 0) is 9.53 Å². The molecule has 0 spiro atoms. The first-order valence-corrected chi connectivity index (χ1v) is 12.7. The SMILES string of the molecule is O=C(CC1(COc2ccccc2)CCCN(C(=O)c2ccc(-c3ccccc3F)o2)C1)N1CCOCC1. The molecule has 0 N–H and O–H groups in total. The van der Waals surface area contributed by atoms with Crippen LogP contribution in [0.4, 0.5) is 4.39 Å². The molecule has 0 bridgehead atoms. The zero-order valence-corrected chi connectivity index (χ0v) is 20.7. The molecule has 0 saturated carbocycles. The molecule has 3 aromatic rings. The maximum absolute atomic E-state index is 14.2. The van der Waals surface area contributed by atoms with E-state index in [0.717, 1.165) is 18.6 Å². The standard InChI is InChI=1S/C29H31FN2O5/c30-24-10-5-4-9-23(24)25-11-12-26(37-25)28(34)32-14-6-13-29(20-32,21-36-22-7-2-1-3-8-22)19-27(33)31-15-17-35-18-16-31/h1-5,7-12H,6,13-21H2. The van der Waals surface area contributed by atoms with Crippen LogP contribution >= 0.6 is 0 Å². The number of halogens is 1. The first kappa shape index (κ1) is 25.0. The van der Waals surface area contributed by atoms with Crippen molar-refractivity contribution in [2.24, 2.45) is 5.41 Å². The Labute approximate surface area is 215 Å². The molecule has 2 amide bonds. The number of rotatable bonds is 7. The highest BCUT2D eigenvalue weighted by Crippen LogP contribution is 2.36. The van der Waals surface area contributed by atoms with Gasteiger partial charge in [0.1, 0.15) is 17.3 Å². The Kier molecular flexibility index (Phi) is 7.55. The fourth-order valence-electron chi connectivity index (χ4n) is 5.11. The van der Waals surface area contributed by atoms with E-state index < -0.39 is 11.2 Å². The van der Waals surface area contributed by atoms with Crippen molar-refractivity contribution in [2.45, 2.75) is 19.3 Å². The monoisotopic (exact) mass is 506 g/mol. The van der Waals surface area contributed by atoms with Crippen molar-refractivity contribution >= 4 is 11.8 Å². The highest BCUT2D eigenvalue weighted by molar-refractivity contribution is 5.92. The van der Waals surface area contributed by atoms with Gasteiger partial charge in [0, 0.05) is 38.0 Å². The molecular weight excluding hydrogens is 475 g/mol. The third-order valence-electron chi connectivity index (χ3n) is 7.08. The molecule has 7 nitrogen and oxygen atoms in total. The Hall–Kier alpha value is -3.65. The summed E-state index contributed by atoms with van der Waals surface area (Å²) in [6, 6.07) is 19.0. The summed E-state index contributed by atoms with van der Waals surface area (Å²) >= 11 is 0. The molecule has 3 heterocycles. The van der Waals surface area contributed by atoms with Crippen molar-refractivity contribution in [2.75, 3.05) is 46.0 Å². The van der Waals surface area contributed by atoms with E-state index in [1.54, 1.807) is 35.2 Å². The minimum Gasteiger partial charge on any atom is -0.493 e. The molecule has 1 atom stereocenters. The van der Waals surface area contributed by atoms with Crippen molar-refractivity contribution in [3.05, 3.63) is 78.3 Å². The zero-order chi connectivity index (χ0) is 25.7. The van der Waals surface area contributed by atoms with Crippen molar-refractivity contribution in [1.29, 1.82) is 0 Å². The molecule has 2 aliphatic rings. The molecule has 0 aliphatic carbocycles. The van der Waals surface area contributed by atoms with Crippen molar-refractivity contribution in [3.8, 4) is 17.1 Å². The summed E-state index contributed by atoms with van der Waals surface area (Å²) in [5.74, 6) is 0.550. The van der Waals surface area contributed by atoms with Crippen LogP contribution in [0.25, 0.3) is 11.3 Å². The number of amides is 2. The van der Waals surface area contributed by atoms with Gasteiger partial charge in [-0.2, -0.15) is 0 Å². The third kappa shape index (κ3) is 5.85. The number of piperidine rings is 1. The number of nitrogens with zero attached hydrogens (tertiary/aromatic N) is 2. The van der Waals surface area contributed by atoms with E-state index in [1.807, 2.05) is 35.2 Å². The second-order valence-corrected chi connectivity index (χ2v) is 9.75. The molecule has 194 valence electrons. The van der Waals surface area contributed by atoms with Gasteiger partial charge in [0.2, 0.25) is 5.91 Å². The third-order valence-corrected chi connectivity index (χ3v) is 7.08. The second kappa shape index (κ2) is 11.2. The average Bonchev–Trinajstić information content (AvgIpc) is 3.43. The fraction of sp³-hybridized carbons (Fsp3) is 0.379. The molecule has 8 heteroatoms. The van der Waals surface area contributed by atoms with E-state index in [1.165, 1.54) is 6.07 Å². The van der Waals surface area contributed by atoms with Gasteiger partial charge in [0.05, 0.1) is 25.4 Å². The number of furan rings is 1. The lowest BCUT2D eigenvalue weighted by atomic mass is 9.77. The van der Waals surface area contributed by atoms with E-state index in [4.69, 9.17) is 13.9 Å². The van der Waals surface area contributed by atoms with E-state index in [0.29, 0.717) is 57.3 Å². The molecule has 2 aromatic carbocycles. The largest absolute Gasteiger partial charge is 0.493 e. The van der Waals surface area contributed by atoms with Crippen LogP contribution in [0, 0.1) is 11.2 Å². The van der Waals surface area contributed by atoms with E-state index in [-0.39, 0.29) is 24.0 Å². The van der Waals surface area contributed by atoms with Crippen molar-refractivity contribution in [3.63, 3.8) is 0 Å². The number of ether oxygens (including phenoxy) is 2. The van der Waals surface area contributed by atoms with Crippen LogP contribution in [0.5, 0.6) is 5.75 Å². The Balaban J connectivity index is 1.34. The van der Waals surface area contributed by atoms with Gasteiger partial charge in [-0.15, -0.1) is 0 Å². The maximum Gasteiger partial charge on any atom is 0.289 e. The summed E-state index contributed by atoms with van der Waals surface area (Å²) < 4.78 is 31.6. The number of para-hydroxylation sites is 1. The van der Waals surface area contributed by atoms with Gasteiger partial charge in [0.25, 0.3) is 5.91 Å². The van der Waals surface area contributed by atoms with Crippen molar-refractivity contribution in [1.82, 2.24) is 9.80 Å². The number of benzene rings is 2. The van der Waals surface area contributed by atoms with Crippen LogP contribution in [0.2, 0.25) is 0 Å². The molecule has 0 radical (unpaired) electrons. The highest BCUT2D eigenvalue weighted by atomic mass is 19.1. The summed E-state index contributed by atoms with van der Waals surface area (Å²) in [7, 11) is 0. The fourth-order valence-corrected chi connectivity index (χ4v) is 5.11. The summed E-state index contributed by atoms with van der Waals surface area (Å²) in [5, 5.41) is 0. The van der Waals surface area contributed by atoms with Gasteiger partial charge in [-0.05, 0) is 49.2 Å². The van der Waals surface area contributed by atoms with Crippen LogP contribution in [0.1, 0.15) is 29.8 Å². The predicted molar refractivity (Wildman–Crippen MR) is 136 cm³/mol. The number of morpholine rings is 1. The first-order chi connectivity index (χ1) is 18.0. The van der Waals surface area contributed by atoms with E-state index in [9.17, 15) is 14.0 Å². The van der Waals surface area contributed by atoms with Gasteiger partial charge in [-0.25, -0.2) is 4.39 Å². The lowest BCUT2D eigenvalue weighted by molar-refractivity contribution is -0.139. The second-order valence-electron chi connectivity index (χ2n) is 9.75. The summed E-state index contributed by atoms with van der Waals surface area (Å²) in [6.07, 6.45) is 1.78. The smallest absolute Gasteiger partial charge is 0.289 e. The zero-order valence-electron chi connectivity index (χ0n) is 20.7. The van der Waals surface area contributed by atoms with Gasteiger partial charge in [-0.3, -0.25) is 9.59 Å². The molecule has 2 saturated heterocycles. The van der Waals surface area contributed by atoms with Crippen LogP contribution < -0.4 is 4.74 Å². The quantitative estimate of drug-likeness (QED) is 0.467. The van der Waals surface area contributed by atoms with Crippen LogP contribution in [-0.4, -0.2) is 67.6 Å². The lowest BCUT2D eigenvalue weighted by Gasteiger charge is -2.43. The molecular formula is C29H31FN2O5.